The average Bonchev–Trinajstić information content (AvgIpc) is 3.02. The zero-order valence-corrected chi connectivity index (χ0v) is 19.6. The number of pyridine rings is 1. The van der Waals surface area contributed by atoms with Crippen LogP contribution in [0, 0.1) is 12.7 Å². The number of halogens is 2. The molecule has 0 bridgehead atoms. The van der Waals surface area contributed by atoms with Gasteiger partial charge in [0, 0.05) is 33.5 Å². The first-order chi connectivity index (χ1) is 14.4. The Balaban J connectivity index is 1.88. The number of ether oxygens (including phenoxy) is 1. The van der Waals surface area contributed by atoms with E-state index in [1.165, 1.54) is 41.8 Å². The van der Waals surface area contributed by atoms with Gasteiger partial charge in [0.2, 0.25) is 0 Å². The topological polar surface area (TPSA) is 85.4 Å². The summed E-state index contributed by atoms with van der Waals surface area (Å²) < 4.78 is 43.6. The van der Waals surface area contributed by atoms with Crippen molar-refractivity contribution in [3.8, 4) is 17.0 Å². The molecule has 10 heteroatoms. The second kappa shape index (κ2) is 8.94. The first kappa shape index (κ1) is 23.2. The van der Waals surface area contributed by atoms with Crippen molar-refractivity contribution in [1.82, 2.24) is 4.98 Å². The third kappa shape index (κ3) is 5.61. The van der Waals surface area contributed by atoms with Crippen molar-refractivity contribution >= 4 is 44.4 Å². The average molecular weight is 483 g/mol. The van der Waals surface area contributed by atoms with Crippen molar-refractivity contribution in [2.24, 2.45) is 0 Å². The summed E-state index contributed by atoms with van der Waals surface area (Å²) in [6, 6.07) is 6.89. The monoisotopic (exact) mass is 482 g/mol. The number of rotatable bonds is 6. The van der Waals surface area contributed by atoms with E-state index in [1.54, 1.807) is 13.0 Å². The van der Waals surface area contributed by atoms with Crippen LogP contribution < -0.4 is 10.1 Å². The van der Waals surface area contributed by atoms with Gasteiger partial charge in [-0.1, -0.05) is 11.6 Å². The highest BCUT2D eigenvalue weighted by Crippen LogP contribution is 2.33. The fourth-order valence-electron chi connectivity index (χ4n) is 2.83. The van der Waals surface area contributed by atoms with Gasteiger partial charge >= 0.3 is 0 Å². The second-order valence-electron chi connectivity index (χ2n) is 7.15. The maximum Gasteiger partial charge on any atom is 0.265 e. The molecule has 0 spiro atoms. The lowest BCUT2D eigenvalue weighted by Crippen LogP contribution is -2.11. The van der Waals surface area contributed by atoms with E-state index in [2.05, 4.69) is 10.3 Å². The molecular formula is C21H20ClFN2O4S2. The maximum atomic E-state index is 14.6. The number of amides is 1. The van der Waals surface area contributed by atoms with Crippen molar-refractivity contribution in [1.29, 1.82) is 0 Å². The van der Waals surface area contributed by atoms with Crippen LogP contribution in [0.4, 0.5) is 10.1 Å². The van der Waals surface area contributed by atoms with E-state index in [4.69, 9.17) is 16.3 Å². The Kier molecular flexibility index (Phi) is 6.68. The summed E-state index contributed by atoms with van der Waals surface area (Å²) in [6.45, 7) is 5.43. The van der Waals surface area contributed by atoms with Crippen LogP contribution in [0.2, 0.25) is 5.02 Å². The molecule has 2 aromatic heterocycles. The lowest BCUT2D eigenvalue weighted by Gasteiger charge is -2.10. The zero-order valence-electron chi connectivity index (χ0n) is 17.2. The molecule has 2 heterocycles. The molecule has 3 rings (SSSR count). The number of aromatic nitrogens is 1. The number of anilines is 1. The Morgan fingerprint density at radius 2 is 1.94 bits per heavy atom. The first-order valence-electron chi connectivity index (χ1n) is 9.19. The van der Waals surface area contributed by atoms with Gasteiger partial charge in [-0.15, -0.1) is 11.3 Å². The van der Waals surface area contributed by atoms with Crippen molar-refractivity contribution < 1.29 is 22.3 Å². The van der Waals surface area contributed by atoms with Gasteiger partial charge in [0.1, 0.15) is 11.4 Å². The summed E-state index contributed by atoms with van der Waals surface area (Å²) in [5.74, 6) is -0.704. The van der Waals surface area contributed by atoms with Gasteiger partial charge in [-0.2, -0.15) is 0 Å². The number of aryl methyl sites for hydroxylation is 1. The highest BCUT2D eigenvalue weighted by atomic mass is 35.5. The molecule has 0 fully saturated rings. The molecule has 0 saturated heterocycles. The lowest BCUT2D eigenvalue weighted by molar-refractivity contribution is 0.103. The van der Waals surface area contributed by atoms with E-state index in [-0.39, 0.29) is 27.4 Å². The molecule has 0 atom stereocenters. The summed E-state index contributed by atoms with van der Waals surface area (Å²) in [7, 11) is -3.50. The number of carbonyl (C=O) groups excluding carboxylic acids is 1. The van der Waals surface area contributed by atoms with E-state index in [9.17, 15) is 17.6 Å². The summed E-state index contributed by atoms with van der Waals surface area (Å²) in [5.41, 5.74) is 0.850. The molecule has 1 N–H and O–H groups in total. The molecule has 0 saturated carbocycles. The van der Waals surface area contributed by atoms with Crippen LogP contribution in [0.5, 0.6) is 5.75 Å². The molecular weight excluding hydrogens is 463 g/mol. The van der Waals surface area contributed by atoms with Gasteiger partial charge in [-0.25, -0.2) is 17.8 Å². The Morgan fingerprint density at radius 3 is 2.55 bits per heavy atom. The van der Waals surface area contributed by atoms with E-state index in [0.717, 1.165) is 6.26 Å². The molecule has 0 unspecified atom stereocenters. The van der Waals surface area contributed by atoms with E-state index in [0.29, 0.717) is 21.1 Å². The summed E-state index contributed by atoms with van der Waals surface area (Å²) in [6.07, 6.45) is 2.38. The fraction of sp³-hybridized carbons (Fsp3) is 0.238. The van der Waals surface area contributed by atoms with Crippen molar-refractivity contribution in [3.05, 3.63) is 57.1 Å². The third-order valence-corrected chi connectivity index (χ3v) is 6.50. The third-order valence-electron chi connectivity index (χ3n) is 4.14. The summed E-state index contributed by atoms with van der Waals surface area (Å²) in [5, 5.41) is 2.81. The minimum atomic E-state index is -3.50. The van der Waals surface area contributed by atoms with E-state index in [1.807, 2.05) is 13.8 Å². The van der Waals surface area contributed by atoms with Crippen molar-refractivity contribution in [2.45, 2.75) is 31.8 Å². The van der Waals surface area contributed by atoms with E-state index < -0.39 is 21.6 Å². The number of carbonyl (C=O) groups is 1. The first-order valence-corrected chi connectivity index (χ1v) is 12.3. The van der Waals surface area contributed by atoms with Crippen molar-refractivity contribution in [3.63, 3.8) is 0 Å². The smallest absolute Gasteiger partial charge is 0.265 e. The normalized spacial score (nSPS) is 11.6. The van der Waals surface area contributed by atoms with Gasteiger partial charge < -0.3 is 10.1 Å². The quantitative estimate of drug-likeness (QED) is 0.511. The number of hydrogen-bond acceptors (Lipinski definition) is 6. The minimum absolute atomic E-state index is 0.00618. The predicted octanol–water partition coefficient (Wildman–Crippen LogP) is 5.35. The summed E-state index contributed by atoms with van der Waals surface area (Å²) in [4.78, 5) is 17.9. The lowest BCUT2D eigenvalue weighted by atomic mass is 10.1. The molecule has 1 amide bonds. The fourth-order valence-corrected chi connectivity index (χ4v) is 4.72. The molecule has 3 aromatic rings. The van der Waals surface area contributed by atoms with Crippen LogP contribution >= 0.6 is 22.9 Å². The highest BCUT2D eigenvalue weighted by molar-refractivity contribution is 7.90. The summed E-state index contributed by atoms with van der Waals surface area (Å²) >= 11 is 7.16. The van der Waals surface area contributed by atoms with E-state index >= 15 is 0 Å². The molecule has 31 heavy (non-hydrogen) atoms. The van der Waals surface area contributed by atoms with Crippen LogP contribution in [0.15, 0.2) is 41.4 Å². The number of thiophene rings is 1. The Hall–Kier alpha value is -2.49. The van der Waals surface area contributed by atoms with Crippen molar-refractivity contribution in [2.75, 3.05) is 11.6 Å². The van der Waals surface area contributed by atoms with Crippen LogP contribution in [0.25, 0.3) is 11.3 Å². The number of benzene rings is 1. The molecule has 164 valence electrons. The van der Waals surface area contributed by atoms with Crippen LogP contribution in [0.1, 0.15) is 28.4 Å². The Morgan fingerprint density at radius 1 is 1.23 bits per heavy atom. The number of hydrogen-bond donors (Lipinski definition) is 1. The molecule has 0 aliphatic heterocycles. The van der Waals surface area contributed by atoms with Gasteiger partial charge in [-0.3, -0.25) is 4.79 Å². The van der Waals surface area contributed by atoms with Gasteiger partial charge in [0.15, 0.2) is 15.7 Å². The standard InChI is InChI=1S/C21H20ClFN2O4S2/c1-11(2)29-15-8-18(23)20(24-10-15)17-9-19(30-12(17)3)21(26)25-14-5-13(22)6-16(7-14)31(4,27)28/h5-11H,1-4H3,(H,25,26). The second-order valence-corrected chi connectivity index (χ2v) is 10.9. The number of nitrogens with zero attached hydrogens (tertiary/aromatic N) is 1. The Labute approximate surface area is 189 Å². The Bertz CT molecular complexity index is 1260. The van der Waals surface area contributed by atoms with Gasteiger partial charge in [0.05, 0.1) is 22.1 Å². The molecule has 0 aliphatic rings. The minimum Gasteiger partial charge on any atom is -0.489 e. The molecule has 0 radical (unpaired) electrons. The molecule has 1 aromatic carbocycles. The molecule has 6 nitrogen and oxygen atoms in total. The van der Waals surface area contributed by atoms with Crippen LogP contribution in [-0.2, 0) is 9.84 Å². The van der Waals surface area contributed by atoms with Crippen LogP contribution in [0.3, 0.4) is 0 Å². The number of sulfone groups is 1. The van der Waals surface area contributed by atoms with Gasteiger partial charge in [-0.05, 0) is 45.0 Å². The van der Waals surface area contributed by atoms with Gasteiger partial charge in [0.25, 0.3) is 5.91 Å². The highest BCUT2D eigenvalue weighted by Gasteiger charge is 2.19. The number of nitrogens with one attached hydrogen (secondary N) is 1. The largest absolute Gasteiger partial charge is 0.489 e. The SMILES string of the molecule is Cc1sc(C(=O)Nc2cc(Cl)cc(S(C)(=O)=O)c2)cc1-c1ncc(OC(C)C)cc1F. The maximum absolute atomic E-state index is 14.6. The zero-order chi connectivity index (χ0) is 22.9. The predicted molar refractivity (Wildman–Crippen MR) is 121 cm³/mol. The van der Waals surface area contributed by atoms with Crippen LogP contribution in [-0.4, -0.2) is 31.7 Å². The molecule has 0 aliphatic carbocycles.